The van der Waals surface area contributed by atoms with Gasteiger partial charge >= 0.3 is 0 Å². The molecule has 0 bridgehead atoms. The second-order valence-electron chi connectivity index (χ2n) is 4.33. The Morgan fingerprint density at radius 3 is 2.36 bits per heavy atom. The van der Waals surface area contributed by atoms with Crippen molar-refractivity contribution in [2.45, 2.75) is 38.1 Å². The van der Waals surface area contributed by atoms with Crippen LogP contribution in [0.3, 0.4) is 0 Å². The molecule has 1 fully saturated rings. The van der Waals surface area contributed by atoms with Crippen molar-refractivity contribution in [3.8, 4) is 0 Å². The Morgan fingerprint density at radius 2 is 1.86 bits per heavy atom. The third-order valence-corrected chi connectivity index (χ3v) is 3.41. The van der Waals surface area contributed by atoms with Gasteiger partial charge in [-0.1, -0.05) is 31.2 Å². The molecule has 1 N–H and O–H groups in total. The molecule has 0 amide bonds. The fourth-order valence-corrected chi connectivity index (χ4v) is 2.11. The molecule has 0 aromatic heterocycles. The Kier molecular flexibility index (Phi) is 2.60. The van der Waals surface area contributed by atoms with E-state index in [9.17, 15) is 0 Å². The Bertz CT molecular complexity index is 313. The first-order chi connectivity index (χ1) is 6.79. The SMILES string of the molecule is CCc1ccccc1CC1(NC)CC1. The van der Waals surface area contributed by atoms with Crippen LogP contribution in [-0.2, 0) is 12.8 Å². The van der Waals surface area contributed by atoms with Crippen LogP contribution in [0.5, 0.6) is 0 Å². The van der Waals surface area contributed by atoms with Gasteiger partial charge in [-0.2, -0.15) is 0 Å². The van der Waals surface area contributed by atoms with Crippen molar-refractivity contribution in [1.29, 1.82) is 0 Å². The molecule has 1 nitrogen and oxygen atoms in total. The monoisotopic (exact) mass is 189 g/mol. The van der Waals surface area contributed by atoms with Crippen molar-refractivity contribution in [1.82, 2.24) is 5.32 Å². The van der Waals surface area contributed by atoms with Gasteiger partial charge < -0.3 is 5.32 Å². The first-order valence-corrected chi connectivity index (χ1v) is 5.55. The maximum atomic E-state index is 3.45. The van der Waals surface area contributed by atoms with E-state index in [0.29, 0.717) is 5.54 Å². The van der Waals surface area contributed by atoms with Crippen LogP contribution >= 0.6 is 0 Å². The van der Waals surface area contributed by atoms with E-state index in [0.717, 1.165) is 6.42 Å². The highest BCUT2D eigenvalue weighted by atomic mass is 15.0. The van der Waals surface area contributed by atoms with Crippen molar-refractivity contribution in [2.24, 2.45) is 0 Å². The summed E-state index contributed by atoms with van der Waals surface area (Å²) in [5, 5.41) is 3.45. The Morgan fingerprint density at radius 1 is 1.21 bits per heavy atom. The lowest BCUT2D eigenvalue weighted by molar-refractivity contribution is 0.546. The van der Waals surface area contributed by atoms with Crippen LogP contribution < -0.4 is 5.32 Å². The van der Waals surface area contributed by atoms with Gasteiger partial charge in [-0.3, -0.25) is 0 Å². The minimum atomic E-state index is 0.436. The number of hydrogen-bond donors (Lipinski definition) is 1. The predicted molar refractivity (Wildman–Crippen MR) is 60.5 cm³/mol. The maximum Gasteiger partial charge on any atom is 0.0220 e. The fourth-order valence-electron chi connectivity index (χ4n) is 2.11. The van der Waals surface area contributed by atoms with E-state index in [4.69, 9.17) is 0 Å². The average Bonchev–Trinajstić information content (AvgIpc) is 2.99. The topological polar surface area (TPSA) is 12.0 Å². The summed E-state index contributed by atoms with van der Waals surface area (Å²) in [5.41, 5.74) is 3.47. The standard InChI is InChI=1S/C13H19N/c1-3-11-6-4-5-7-12(11)10-13(14-2)8-9-13/h4-7,14H,3,8-10H2,1-2H3. The zero-order chi connectivity index (χ0) is 10.0. The van der Waals surface area contributed by atoms with Crippen molar-refractivity contribution in [3.63, 3.8) is 0 Å². The fraction of sp³-hybridized carbons (Fsp3) is 0.538. The summed E-state index contributed by atoms with van der Waals surface area (Å²) < 4.78 is 0. The van der Waals surface area contributed by atoms with E-state index < -0.39 is 0 Å². The van der Waals surface area contributed by atoms with Crippen LogP contribution in [0.1, 0.15) is 30.9 Å². The van der Waals surface area contributed by atoms with Crippen LogP contribution in [0.15, 0.2) is 24.3 Å². The molecule has 0 atom stereocenters. The number of nitrogens with one attached hydrogen (secondary N) is 1. The zero-order valence-electron chi connectivity index (χ0n) is 9.14. The third-order valence-electron chi connectivity index (χ3n) is 3.41. The minimum absolute atomic E-state index is 0.436. The van der Waals surface area contributed by atoms with Gasteiger partial charge in [-0.05, 0) is 43.9 Å². The average molecular weight is 189 g/mol. The molecule has 76 valence electrons. The van der Waals surface area contributed by atoms with Crippen LogP contribution in [0.4, 0.5) is 0 Å². The van der Waals surface area contributed by atoms with Crippen molar-refractivity contribution < 1.29 is 0 Å². The maximum absolute atomic E-state index is 3.45. The largest absolute Gasteiger partial charge is 0.314 e. The highest BCUT2D eigenvalue weighted by Gasteiger charge is 2.40. The molecule has 1 aromatic rings. The summed E-state index contributed by atoms with van der Waals surface area (Å²) in [6, 6.07) is 8.82. The number of rotatable bonds is 4. The van der Waals surface area contributed by atoms with Crippen molar-refractivity contribution in [3.05, 3.63) is 35.4 Å². The predicted octanol–water partition coefficient (Wildman–Crippen LogP) is 2.54. The second-order valence-corrected chi connectivity index (χ2v) is 4.33. The van der Waals surface area contributed by atoms with Gasteiger partial charge in [0.05, 0.1) is 0 Å². The summed E-state index contributed by atoms with van der Waals surface area (Å²) in [6.07, 6.45) is 5.02. The van der Waals surface area contributed by atoms with Crippen LogP contribution in [0.25, 0.3) is 0 Å². The van der Waals surface area contributed by atoms with Crippen molar-refractivity contribution >= 4 is 0 Å². The number of aryl methyl sites for hydroxylation is 1. The van der Waals surface area contributed by atoms with Gasteiger partial charge in [-0.15, -0.1) is 0 Å². The van der Waals surface area contributed by atoms with Crippen LogP contribution in [0.2, 0.25) is 0 Å². The molecule has 1 aromatic carbocycles. The van der Waals surface area contributed by atoms with Gasteiger partial charge in [0.25, 0.3) is 0 Å². The van der Waals surface area contributed by atoms with Gasteiger partial charge in [0.15, 0.2) is 0 Å². The lowest BCUT2D eigenvalue weighted by Crippen LogP contribution is -2.29. The molecule has 0 unspecified atom stereocenters. The highest BCUT2D eigenvalue weighted by molar-refractivity contribution is 5.30. The number of likely N-dealkylation sites (N-methyl/N-ethyl adjacent to an activating group) is 1. The molecule has 0 radical (unpaired) electrons. The summed E-state index contributed by atoms with van der Waals surface area (Å²) in [6.45, 7) is 2.23. The molecule has 2 rings (SSSR count). The molecule has 0 spiro atoms. The van der Waals surface area contributed by atoms with E-state index in [1.54, 1.807) is 0 Å². The Balaban J connectivity index is 2.16. The van der Waals surface area contributed by atoms with Gasteiger partial charge in [-0.25, -0.2) is 0 Å². The smallest absolute Gasteiger partial charge is 0.0220 e. The summed E-state index contributed by atoms with van der Waals surface area (Å²) in [7, 11) is 2.08. The molecule has 1 aliphatic rings. The molecule has 1 heteroatoms. The second kappa shape index (κ2) is 3.74. The van der Waals surface area contributed by atoms with E-state index >= 15 is 0 Å². The molecule has 0 heterocycles. The Labute approximate surface area is 86.5 Å². The first-order valence-electron chi connectivity index (χ1n) is 5.55. The molecule has 0 saturated heterocycles. The number of benzene rings is 1. The Hall–Kier alpha value is -0.820. The summed E-state index contributed by atoms with van der Waals surface area (Å²) in [4.78, 5) is 0. The first kappa shape index (κ1) is 9.72. The van der Waals surface area contributed by atoms with E-state index in [-0.39, 0.29) is 0 Å². The minimum Gasteiger partial charge on any atom is -0.314 e. The highest BCUT2D eigenvalue weighted by Crippen LogP contribution is 2.38. The normalized spacial score (nSPS) is 18.1. The zero-order valence-corrected chi connectivity index (χ0v) is 9.14. The van der Waals surface area contributed by atoms with Crippen molar-refractivity contribution in [2.75, 3.05) is 7.05 Å². The molecule has 0 aliphatic heterocycles. The molecule has 14 heavy (non-hydrogen) atoms. The van der Waals surface area contributed by atoms with Crippen LogP contribution in [0, 0.1) is 0 Å². The van der Waals surface area contributed by atoms with E-state index in [2.05, 4.69) is 43.6 Å². The van der Waals surface area contributed by atoms with Gasteiger partial charge in [0, 0.05) is 5.54 Å². The molecule has 1 saturated carbocycles. The van der Waals surface area contributed by atoms with Gasteiger partial charge in [0.2, 0.25) is 0 Å². The third kappa shape index (κ3) is 1.83. The molecular formula is C13H19N. The molecular weight excluding hydrogens is 170 g/mol. The summed E-state index contributed by atoms with van der Waals surface area (Å²) >= 11 is 0. The lowest BCUT2D eigenvalue weighted by atomic mass is 9.97. The van der Waals surface area contributed by atoms with Crippen LogP contribution in [-0.4, -0.2) is 12.6 Å². The van der Waals surface area contributed by atoms with Gasteiger partial charge in [0.1, 0.15) is 0 Å². The molecule has 1 aliphatic carbocycles. The van der Waals surface area contributed by atoms with E-state index in [1.807, 2.05) is 0 Å². The number of hydrogen-bond acceptors (Lipinski definition) is 1. The quantitative estimate of drug-likeness (QED) is 0.767. The lowest BCUT2D eigenvalue weighted by Gasteiger charge is -2.16. The van der Waals surface area contributed by atoms with E-state index in [1.165, 1.54) is 30.4 Å². The summed E-state index contributed by atoms with van der Waals surface area (Å²) in [5.74, 6) is 0.